The molecule has 1 aliphatic heterocycles. The summed E-state index contributed by atoms with van der Waals surface area (Å²) in [6.45, 7) is 5.28. The normalized spacial score (nSPS) is 17.3. The van der Waals surface area contributed by atoms with Crippen molar-refractivity contribution in [2.24, 2.45) is 5.92 Å². The van der Waals surface area contributed by atoms with Crippen LogP contribution in [0.5, 0.6) is 0 Å². The minimum Gasteiger partial charge on any atom is -0.351 e. The van der Waals surface area contributed by atoms with Crippen molar-refractivity contribution >= 4 is 38.5 Å². The molecule has 0 spiro atoms. The zero-order chi connectivity index (χ0) is 17.8. The van der Waals surface area contributed by atoms with Crippen LogP contribution in [0.2, 0.25) is 0 Å². The van der Waals surface area contributed by atoms with Crippen LogP contribution in [-0.4, -0.2) is 36.3 Å². The molecular weight excluding hydrogens is 380 g/mol. The van der Waals surface area contributed by atoms with Crippen molar-refractivity contribution in [3.05, 3.63) is 59.1 Å². The number of halogens is 1. The Morgan fingerprint density at radius 3 is 2.76 bits per heavy atom. The standard InChI is InChI=1S/C20H21BrN2O2/c1-14(21)12-22-19(24)16-8-5-11-23(13-16)20(25)18-10-4-7-15-6-2-3-9-17(15)18/h2-4,6-7,9-10,16H,1,5,8,11-13H2,(H,22,24). The molecule has 0 bridgehead atoms. The van der Waals surface area contributed by atoms with Crippen LogP contribution in [-0.2, 0) is 4.79 Å². The van der Waals surface area contributed by atoms with E-state index in [0.717, 1.165) is 28.1 Å². The van der Waals surface area contributed by atoms with E-state index in [1.54, 1.807) is 4.90 Å². The van der Waals surface area contributed by atoms with Gasteiger partial charge in [0.2, 0.25) is 5.91 Å². The summed E-state index contributed by atoms with van der Waals surface area (Å²) in [7, 11) is 0. The number of fused-ring (bicyclic) bond motifs is 1. The van der Waals surface area contributed by atoms with Crippen LogP contribution >= 0.6 is 15.9 Å². The number of rotatable bonds is 4. The highest BCUT2D eigenvalue weighted by Gasteiger charge is 2.29. The van der Waals surface area contributed by atoms with E-state index in [1.807, 2.05) is 42.5 Å². The zero-order valence-corrected chi connectivity index (χ0v) is 15.6. The number of hydrogen-bond acceptors (Lipinski definition) is 2. The molecule has 1 heterocycles. The van der Waals surface area contributed by atoms with Gasteiger partial charge in [0.25, 0.3) is 5.91 Å². The van der Waals surface area contributed by atoms with E-state index in [0.29, 0.717) is 25.2 Å². The second-order valence-corrected chi connectivity index (χ2v) is 7.47. The van der Waals surface area contributed by atoms with E-state index < -0.39 is 0 Å². The summed E-state index contributed by atoms with van der Waals surface area (Å²) in [5, 5.41) is 4.86. The molecule has 0 aromatic heterocycles. The van der Waals surface area contributed by atoms with Gasteiger partial charge in [-0.1, -0.05) is 58.9 Å². The Kier molecular flexibility index (Phi) is 5.53. The highest BCUT2D eigenvalue weighted by molar-refractivity contribution is 9.11. The van der Waals surface area contributed by atoms with E-state index >= 15 is 0 Å². The largest absolute Gasteiger partial charge is 0.351 e. The quantitative estimate of drug-likeness (QED) is 0.849. The van der Waals surface area contributed by atoms with Crippen molar-refractivity contribution in [3.8, 4) is 0 Å². The Balaban J connectivity index is 1.75. The van der Waals surface area contributed by atoms with Gasteiger partial charge in [0.15, 0.2) is 0 Å². The minimum atomic E-state index is -0.167. The predicted molar refractivity (Wildman–Crippen MR) is 104 cm³/mol. The van der Waals surface area contributed by atoms with Crippen LogP contribution in [0.3, 0.4) is 0 Å². The smallest absolute Gasteiger partial charge is 0.254 e. The van der Waals surface area contributed by atoms with Crippen molar-refractivity contribution < 1.29 is 9.59 Å². The number of benzene rings is 2. The number of carbonyl (C=O) groups excluding carboxylic acids is 2. The first-order chi connectivity index (χ1) is 12.1. The van der Waals surface area contributed by atoms with Gasteiger partial charge in [0.05, 0.1) is 5.92 Å². The average molecular weight is 401 g/mol. The number of nitrogens with zero attached hydrogens (tertiary/aromatic N) is 1. The van der Waals surface area contributed by atoms with Crippen molar-refractivity contribution in [1.82, 2.24) is 10.2 Å². The number of hydrogen-bond donors (Lipinski definition) is 1. The van der Waals surface area contributed by atoms with Crippen LogP contribution in [0.4, 0.5) is 0 Å². The Hall–Kier alpha value is -2.14. The Bertz CT molecular complexity index is 813. The van der Waals surface area contributed by atoms with Crippen molar-refractivity contribution in [2.45, 2.75) is 12.8 Å². The molecule has 1 atom stereocenters. The van der Waals surface area contributed by atoms with Crippen LogP contribution in [0.25, 0.3) is 10.8 Å². The summed E-state index contributed by atoms with van der Waals surface area (Å²) in [6, 6.07) is 13.7. The molecule has 1 N–H and O–H groups in total. The van der Waals surface area contributed by atoms with E-state index in [1.165, 1.54) is 0 Å². The van der Waals surface area contributed by atoms with Gasteiger partial charge in [-0.3, -0.25) is 9.59 Å². The van der Waals surface area contributed by atoms with Gasteiger partial charge in [0.1, 0.15) is 0 Å². The van der Waals surface area contributed by atoms with E-state index in [9.17, 15) is 9.59 Å². The van der Waals surface area contributed by atoms with E-state index in [-0.39, 0.29) is 17.7 Å². The highest BCUT2D eigenvalue weighted by atomic mass is 79.9. The van der Waals surface area contributed by atoms with E-state index in [2.05, 4.69) is 27.8 Å². The molecular formula is C20H21BrN2O2. The zero-order valence-electron chi connectivity index (χ0n) is 14.0. The molecule has 1 aliphatic rings. The Morgan fingerprint density at radius 1 is 1.20 bits per heavy atom. The van der Waals surface area contributed by atoms with Crippen molar-refractivity contribution in [3.63, 3.8) is 0 Å². The third-order valence-corrected chi connectivity index (χ3v) is 4.83. The van der Waals surface area contributed by atoms with Crippen molar-refractivity contribution in [1.29, 1.82) is 0 Å². The highest BCUT2D eigenvalue weighted by Crippen LogP contribution is 2.23. The Morgan fingerprint density at radius 2 is 1.96 bits per heavy atom. The number of piperidine rings is 1. The summed E-state index contributed by atoms with van der Waals surface area (Å²) in [5.74, 6) is -0.185. The molecule has 130 valence electrons. The first kappa shape index (κ1) is 17.7. The molecule has 0 saturated carbocycles. The van der Waals surface area contributed by atoms with Crippen LogP contribution in [0.15, 0.2) is 53.5 Å². The lowest BCUT2D eigenvalue weighted by Gasteiger charge is -2.32. The summed E-state index contributed by atoms with van der Waals surface area (Å²) < 4.78 is 0.736. The maximum absolute atomic E-state index is 13.0. The van der Waals surface area contributed by atoms with Gasteiger partial charge >= 0.3 is 0 Å². The third-order valence-electron chi connectivity index (χ3n) is 4.55. The maximum Gasteiger partial charge on any atom is 0.254 e. The molecule has 0 aliphatic carbocycles. The van der Waals surface area contributed by atoms with E-state index in [4.69, 9.17) is 0 Å². The van der Waals surface area contributed by atoms with Crippen LogP contribution < -0.4 is 5.32 Å². The molecule has 2 aromatic rings. The van der Waals surface area contributed by atoms with Crippen LogP contribution in [0.1, 0.15) is 23.2 Å². The summed E-state index contributed by atoms with van der Waals surface area (Å²) >= 11 is 3.24. The summed E-state index contributed by atoms with van der Waals surface area (Å²) in [6.07, 6.45) is 1.64. The second kappa shape index (κ2) is 7.83. The molecule has 1 unspecified atom stereocenters. The lowest BCUT2D eigenvalue weighted by Crippen LogP contribution is -2.45. The fraction of sp³-hybridized carbons (Fsp3) is 0.300. The number of nitrogens with one attached hydrogen (secondary N) is 1. The number of carbonyl (C=O) groups is 2. The first-order valence-electron chi connectivity index (χ1n) is 8.44. The van der Waals surface area contributed by atoms with Gasteiger partial charge in [-0.15, -0.1) is 0 Å². The van der Waals surface area contributed by atoms with Gasteiger partial charge in [-0.2, -0.15) is 0 Å². The molecule has 5 heteroatoms. The maximum atomic E-state index is 13.0. The minimum absolute atomic E-state index is 0.000740. The molecule has 4 nitrogen and oxygen atoms in total. The monoisotopic (exact) mass is 400 g/mol. The number of likely N-dealkylation sites (tertiary alicyclic amines) is 1. The molecule has 2 amide bonds. The molecule has 1 saturated heterocycles. The van der Waals surface area contributed by atoms with Gasteiger partial charge in [-0.05, 0) is 29.7 Å². The summed E-state index contributed by atoms with van der Waals surface area (Å²) in [5.41, 5.74) is 0.702. The number of amides is 2. The molecule has 3 rings (SSSR count). The molecule has 0 radical (unpaired) electrons. The average Bonchev–Trinajstić information content (AvgIpc) is 2.65. The lowest BCUT2D eigenvalue weighted by atomic mass is 9.95. The van der Waals surface area contributed by atoms with Gasteiger partial charge < -0.3 is 10.2 Å². The predicted octanol–water partition coefficient (Wildman–Crippen LogP) is 3.72. The Labute approximate surface area is 156 Å². The molecule has 2 aromatic carbocycles. The fourth-order valence-electron chi connectivity index (χ4n) is 3.29. The molecule has 25 heavy (non-hydrogen) atoms. The fourth-order valence-corrected chi connectivity index (χ4v) is 3.43. The summed E-state index contributed by atoms with van der Waals surface area (Å²) in [4.78, 5) is 27.1. The van der Waals surface area contributed by atoms with Crippen LogP contribution in [0, 0.1) is 5.92 Å². The van der Waals surface area contributed by atoms with Gasteiger partial charge in [0, 0.05) is 29.7 Å². The van der Waals surface area contributed by atoms with Crippen molar-refractivity contribution in [2.75, 3.05) is 19.6 Å². The third kappa shape index (κ3) is 4.10. The SMILES string of the molecule is C=C(Br)CNC(=O)C1CCCN(C(=O)c2cccc3ccccc23)C1. The topological polar surface area (TPSA) is 49.4 Å². The second-order valence-electron chi connectivity index (χ2n) is 6.35. The molecule has 1 fully saturated rings. The first-order valence-corrected chi connectivity index (χ1v) is 9.23. The van der Waals surface area contributed by atoms with Gasteiger partial charge in [-0.25, -0.2) is 0 Å². The lowest BCUT2D eigenvalue weighted by molar-refractivity contribution is -0.126.